The number of benzene rings is 1. The van der Waals surface area contributed by atoms with Crippen molar-refractivity contribution in [1.29, 1.82) is 0 Å². The van der Waals surface area contributed by atoms with Crippen LogP contribution in [0.5, 0.6) is 0 Å². The van der Waals surface area contributed by atoms with E-state index < -0.39 is 5.97 Å². The van der Waals surface area contributed by atoms with Crippen LogP contribution in [0.3, 0.4) is 0 Å². The molecule has 1 heterocycles. The topological polar surface area (TPSA) is 95.4 Å². The number of ketones is 1. The van der Waals surface area contributed by atoms with E-state index in [0.717, 1.165) is 16.9 Å². The summed E-state index contributed by atoms with van der Waals surface area (Å²) in [7, 11) is 0. The van der Waals surface area contributed by atoms with Crippen molar-refractivity contribution in [1.82, 2.24) is 0 Å². The number of rotatable bonds is 4. The lowest BCUT2D eigenvalue weighted by molar-refractivity contribution is 0.0529. The fourth-order valence-electron chi connectivity index (χ4n) is 1.88. The van der Waals surface area contributed by atoms with Crippen LogP contribution in [-0.4, -0.2) is 18.4 Å². The highest BCUT2D eigenvalue weighted by molar-refractivity contribution is 7.19. The molecule has 4 N–H and O–H groups in total. The van der Waals surface area contributed by atoms with Crippen molar-refractivity contribution >= 4 is 33.8 Å². The molecule has 0 bridgehead atoms. The normalized spacial score (nSPS) is 10.4. The van der Waals surface area contributed by atoms with Gasteiger partial charge in [0.2, 0.25) is 5.78 Å². The second kappa shape index (κ2) is 5.97. The summed E-state index contributed by atoms with van der Waals surface area (Å²) in [6, 6.07) is 7.12. The molecule has 0 aliphatic carbocycles. The second-order valence-corrected chi connectivity index (χ2v) is 5.55. The number of hydrogen-bond donors (Lipinski definition) is 2. The fraction of sp³-hybridized carbons (Fsp3) is 0.200. The molecule has 0 fully saturated rings. The van der Waals surface area contributed by atoms with Gasteiger partial charge >= 0.3 is 5.97 Å². The van der Waals surface area contributed by atoms with Crippen molar-refractivity contribution in [2.24, 2.45) is 0 Å². The summed E-state index contributed by atoms with van der Waals surface area (Å²) in [5, 5.41) is 0.196. The molecule has 110 valence electrons. The molecule has 0 saturated heterocycles. The first-order chi connectivity index (χ1) is 9.95. The molecule has 2 rings (SSSR count). The summed E-state index contributed by atoms with van der Waals surface area (Å²) >= 11 is 1.00. The van der Waals surface area contributed by atoms with Crippen LogP contribution in [0.25, 0.3) is 0 Å². The molecule has 1 aromatic carbocycles. The van der Waals surface area contributed by atoms with Crippen molar-refractivity contribution in [2.75, 3.05) is 18.1 Å². The third-order valence-electron chi connectivity index (χ3n) is 2.97. The largest absolute Gasteiger partial charge is 0.462 e. The average Bonchev–Trinajstić information content (AvgIpc) is 2.74. The van der Waals surface area contributed by atoms with E-state index in [4.69, 9.17) is 16.2 Å². The van der Waals surface area contributed by atoms with E-state index >= 15 is 0 Å². The molecular formula is C15H16N2O3S. The summed E-state index contributed by atoms with van der Waals surface area (Å²) in [6.45, 7) is 3.84. The van der Waals surface area contributed by atoms with E-state index in [1.165, 1.54) is 0 Å². The quantitative estimate of drug-likeness (QED) is 0.668. The third kappa shape index (κ3) is 2.90. The fourth-order valence-corrected chi connectivity index (χ4v) is 2.82. The number of anilines is 2. The van der Waals surface area contributed by atoms with E-state index in [2.05, 4.69) is 0 Å². The molecule has 0 amide bonds. The molecule has 0 spiro atoms. The first-order valence-corrected chi connectivity index (χ1v) is 7.23. The van der Waals surface area contributed by atoms with Gasteiger partial charge in [-0.05, 0) is 13.8 Å². The van der Waals surface area contributed by atoms with E-state index in [9.17, 15) is 9.59 Å². The first-order valence-electron chi connectivity index (χ1n) is 6.42. The maximum absolute atomic E-state index is 12.4. The van der Waals surface area contributed by atoms with Gasteiger partial charge in [-0.3, -0.25) is 4.79 Å². The Kier molecular flexibility index (Phi) is 4.28. The number of carbonyl (C=O) groups excluding carboxylic acids is 2. The van der Waals surface area contributed by atoms with Crippen LogP contribution in [0.2, 0.25) is 0 Å². The predicted octanol–water partition coefficient (Wildman–Crippen LogP) is 2.63. The molecule has 0 aliphatic heterocycles. The van der Waals surface area contributed by atoms with Crippen molar-refractivity contribution in [2.45, 2.75) is 13.8 Å². The van der Waals surface area contributed by atoms with Crippen molar-refractivity contribution in [3.63, 3.8) is 0 Å². The zero-order valence-electron chi connectivity index (χ0n) is 11.8. The Morgan fingerprint density at radius 1 is 1.19 bits per heavy atom. The minimum atomic E-state index is -0.605. The molecule has 0 radical (unpaired) electrons. The van der Waals surface area contributed by atoms with Gasteiger partial charge in [0, 0.05) is 5.56 Å². The summed E-state index contributed by atoms with van der Waals surface area (Å²) in [6.07, 6.45) is 0. The Bertz CT molecular complexity index is 690. The molecule has 0 unspecified atom stereocenters. The first kappa shape index (κ1) is 15.1. The number of ether oxygens (including phenoxy) is 1. The molecule has 1 aromatic heterocycles. The van der Waals surface area contributed by atoms with Gasteiger partial charge in [0.25, 0.3) is 0 Å². The van der Waals surface area contributed by atoms with Gasteiger partial charge in [0.15, 0.2) is 0 Å². The molecule has 0 atom stereocenters. The average molecular weight is 304 g/mol. The Balaban J connectivity index is 2.41. The van der Waals surface area contributed by atoms with Gasteiger partial charge in [0.05, 0.1) is 12.3 Å². The zero-order valence-corrected chi connectivity index (χ0v) is 12.6. The lowest BCUT2D eigenvalue weighted by Crippen LogP contribution is -2.10. The van der Waals surface area contributed by atoms with Crippen molar-refractivity contribution in [3.8, 4) is 0 Å². The highest BCUT2D eigenvalue weighted by atomic mass is 32.1. The van der Waals surface area contributed by atoms with Crippen molar-refractivity contribution in [3.05, 3.63) is 45.8 Å². The second-order valence-electron chi connectivity index (χ2n) is 4.50. The van der Waals surface area contributed by atoms with Crippen LogP contribution in [0, 0.1) is 6.92 Å². The van der Waals surface area contributed by atoms with Crippen LogP contribution in [-0.2, 0) is 4.74 Å². The molecule has 2 aromatic rings. The van der Waals surface area contributed by atoms with E-state index in [1.54, 1.807) is 19.1 Å². The molecule has 0 aliphatic rings. The molecular weight excluding hydrogens is 288 g/mol. The van der Waals surface area contributed by atoms with Crippen LogP contribution >= 0.6 is 11.3 Å². The molecule has 5 nitrogen and oxygen atoms in total. The minimum absolute atomic E-state index is 0.0808. The Hall–Kier alpha value is -2.34. The van der Waals surface area contributed by atoms with Gasteiger partial charge in [-0.25, -0.2) is 4.79 Å². The van der Waals surface area contributed by atoms with Gasteiger partial charge in [-0.15, -0.1) is 11.3 Å². The highest BCUT2D eigenvalue weighted by Gasteiger charge is 2.25. The standard InChI is InChI=1S/C15H16N2O3S/c1-3-20-15(19)10-11(16)13(21-14(10)17)12(18)9-6-4-8(2)5-7-9/h4-7H,3,16-17H2,1-2H3. The highest BCUT2D eigenvalue weighted by Crippen LogP contribution is 2.35. The molecule has 21 heavy (non-hydrogen) atoms. The van der Waals surface area contributed by atoms with Gasteiger partial charge < -0.3 is 16.2 Å². The minimum Gasteiger partial charge on any atom is -0.462 e. The monoisotopic (exact) mass is 304 g/mol. The summed E-state index contributed by atoms with van der Waals surface area (Å²) < 4.78 is 4.90. The maximum atomic E-state index is 12.4. The zero-order chi connectivity index (χ0) is 15.6. The predicted molar refractivity (Wildman–Crippen MR) is 83.7 cm³/mol. The lowest BCUT2D eigenvalue weighted by Gasteiger charge is -2.03. The number of carbonyl (C=O) groups is 2. The SMILES string of the molecule is CCOC(=O)c1c(N)sc(C(=O)c2ccc(C)cc2)c1N. The summed E-state index contributed by atoms with van der Waals surface area (Å²) in [5.74, 6) is -0.855. The summed E-state index contributed by atoms with van der Waals surface area (Å²) in [5.41, 5.74) is 13.4. The van der Waals surface area contributed by atoms with Crippen LogP contribution in [0.1, 0.15) is 38.1 Å². The van der Waals surface area contributed by atoms with E-state index in [1.807, 2.05) is 19.1 Å². The van der Waals surface area contributed by atoms with Crippen LogP contribution < -0.4 is 11.5 Å². The van der Waals surface area contributed by atoms with E-state index in [0.29, 0.717) is 5.56 Å². The smallest absolute Gasteiger partial charge is 0.343 e. The van der Waals surface area contributed by atoms with Gasteiger partial charge in [-0.1, -0.05) is 29.8 Å². The van der Waals surface area contributed by atoms with Crippen LogP contribution in [0.4, 0.5) is 10.7 Å². The van der Waals surface area contributed by atoms with Crippen molar-refractivity contribution < 1.29 is 14.3 Å². The molecule has 0 saturated carbocycles. The van der Waals surface area contributed by atoms with Gasteiger partial charge in [-0.2, -0.15) is 0 Å². The number of hydrogen-bond acceptors (Lipinski definition) is 6. The number of thiophene rings is 1. The third-order valence-corrected chi connectivity index (χ3v) is 4.01. The van der Waals surface area contributed by atoms with Crippen LogP contribution in [0.15, 0.2) is 24.3 Å². The number of aryl methyl sites for hydroxylation is 1. The molecule has 6 heteroatoms. The lowest BCUT2D eigenvalue weighted by atomic mass is 10.1. The number of nitrogens with two attached hydrogens (primary N) is 2. The Morgan fingerprint density at radius 3 is 2.38 bits per heavy atom. The Morgan fingerprint density at radius 2 is 1.81 bits per heavy atom. The van der Waals surface area contributed by atoms with Gasteiger partial charge in [0.1, 0.15) is 15.4 Å². The Labute approximate surface area is 126 Å². The number of esters is 1. The van der Waals surface area contributed by atoms with E-state index in [-0.39, 0.29) is 33.5 Å². The summed E-state index contributed by atoms with van der Waals surface area (Å²) in [4.78, 5) is 24.5. The maximum Gasteiger partial charge on any atom is 0.343 e. The number of nitrogen functional groups attached to an aromatic ring is 2.